The summed E-state index contributed by atoms with van der Waals surface area (Å²) in [5.74, 6) is 0.212. The van der Waals surface area contributed by atoms with Gasteiger partial charge in [0.05, 0.1) is 34.2 Å². The van der Waals surface area contributed by atoms with Crippen LogP contribution in [0, 0.1) is 5.92 Å². The molecular weight excluding hydrogens is 360 g/mol. The van der Waals surface area contributed by atoms with Gasteiger partial charge in [-0.15, -0.1) is 11.3 Å². The number of carbonyl (C=O) groups excluding carboxylic acids is 2. The monoisotopic (exact) mass is 387 g/mol. The van der Waals surface area contributed by atoms with Crippen LogP contribution in [0.3, 0.4) is 0 Å². The number of hydrogen-bond acceptors (Lipinski definition) is 4. The van der Waals surface area contributed by atoms with Gasteiger partial charge < -0.3 is 15.5 Å². The number of nitrogens with zero attached hydrogens (tertiary/aromatic N) is 2. The van der Waals surface area contributed by atoms with Crippen LogP contribution >= 0.6 is 11.3 Å². The Morgan fingerprint density at radius 1 is 1.22 bits per heavy atom. The first-order valence-corrected chi connectivity index (χ1v) is 10.7. The lowest BCUT2D eigenvalue weighted by atomic mass is 9.96. The summed E-state index contributed by atoms with van der Waals surface area (Å²) in [6.07, 6.45) is 3.83. The molecule has 0 spiro atoms. The van der Waals surface area contributed by atoms with Crippen LogP contribution in [0.1, 0.15) is 36.6 Å². The summed E-state index contributed by atoms with van der Waals surface area (Å²) in [7, 11) is 0. The third kappa shape index (κ3) is 4.14. The summed E-state index contributed by atoms with van der Waals surface area (Å²) in [6, 6.07) is 8.31. The van der Waals surface area contributed by atoms with Crippen molar-refractivity contribution < 1.29 is 14.5 Å². The van der Waals surface area contributed by atoms with E-state index >= 15 is 0 Å². The zero-order valence-electron chi connectivity index (χ0n) is 15.5. The molecule has 2 amide bonds. The number of fused-ring (bicyclic) bond motifs is 1. The van der Waals surface area contributed by atoms with E-state index in [0.29, 0.717) is 19.0 Å². The largest absolute Gasteiger partial charge is 0.369 e. The minimum absolute atomic E-state index is 0.161. The van der Waals surface area contributed by atoms with E-state index in [0.717, 1.165) is 50.8 Å². The number of benzene rings is 1. The van der Waals surface area contributed by atoms with Crippen LogP contribution in [0.4, 0.5) is 0 Å². The number of piperidine rings is 2. The molecule has 27 heavy (non-hydrogen) atoms. The van der Waals surface area contributed by atoms with Crippen LogP contribution in [0.15, 0.2) is 24.3 Å². The van der Waals surface area contributed by atoms with Crippen molar-refractivity contribution in [3.8, 4) is 0 Å². The van der Waals surface area contributed by atoms with Gasteiger partial charge in [-0.3, -0.25) is 9.59 Å². The Morgan fingerprint density at radius 3 is 2.74 bits per heavy atom. The number of hydrogen-bond donors (Lipinski definition) is 2. The number of thiazole rings is 1. The van der Waals surface area contributed by atoms with Crippen LogP contribution in [0.2, 0.25) is 0 Å². The number of nitrogens with one attached hydrogen (secondary N) is 1. The highest BCUT2D eigenvalue weighted by Crippen LogP contribution is 2.31. The molecular formula is C20H27N4O2S+. The summed E-state index contributed by atoms with van der Waals surface area (Å²) < 4.78 is 1.26. The van der Waals surface area contributed by atoms with E-state index in [1.807, 2.05) is 11.0 Å². The van der Waals surface area contributed by atoms with Gasteiger partial charge in [-0.2, -0.15) is 0 Å². The number of likely N-dealkylation sites (tertiary alicyclic amines) is 2. The highest BCUT2D eigenvalue weighted by Gasteiger charge is 2.31. The van der Waals surface area contributed by atoms with Crippen LogP contribution in [0.5, 0.6) is 0 Å². The maximum Gasteiger partial charge on any atom is 0.277 e. The van der Waals surface area contributed by atoms with E-state index < -0.39 is 0 Å². The number of amides is 2. The Labute approximate surface area is 163 Å². The number of rotatable bonds is 4. The third-order valence-electron chi connectivity index (χ3n) is 5.93. The minimum atomic E-state index is -0.281. The molecule has 2 aliphatic rings. The summed E-state index contributed by atoms with van der Waals surface area (Å²) in [5, 5.41) is 1.24. The van der Waals surface area contributed by atoms with Crippen molar-refractivity contribution in [2.45, 2.75) is 31.6 Å². The van der Waals surface area contributed by atoms with E-state index in [1.165, 1.54) is 14.6 Å². The fourth-order valence-corrected chi connectivity index (χ4v) is 5.41. The smallest absolute Gasteiger partial charge is 0.277 e. The fourth-order valence-electron chi connectivity index (χ4n) is 4.28. The Hall–Kier alpha value is -1.99. The van der Waals surface area contributed by atoms with E-state index in [1.54, 1.807) is 11.3 Å². The van der Waals surface area contributed by atoms with Gasteiger partial charge in [0, 0.05) is 31.8 Å². The number of primary amides is 1. The first kappa shape index (κ1) is 18.4. The van der Waals surface area contributed by atoms with Gasteiger partial charge in [0.25, 0.3) is 5.91 Å². The molecule has 0 bridgehead atoms. The molecule has 6 nitrogen and oxygen atoms in total. The van der Waals surface area contributed by atoms with E-state index in [9.17, 15) is 9.59 Å². The Bertz CT molecular complexity index is 795. The Kier molecular flexibility index (Phi) is 5.41. The van der Waals surface area contributed by atoms with Crippen molar-refractivity contribution in [2.24, 2.45) is 11.7 Å². The zero-order valence-corrected chi connectivity index (χ0v) is 16.3. The lowest BCUT2D eigenvalue weighted by molar-refractivity contribution is -0.897. The second-order valence-electron chi connectivity index (χ2n) is 7.80. The second kappa shape index (κ2) is 7.94. The molecule has 2 aliphatic heterocycles. The van der Waals surface area contributed by atoms with Crippen molar-refractivity contribution in [3.05, 3.63) is 29.3 Å². The molecule has 0 aliphatic carbocycles. The van der Waals surface area contributed by atoms with Gasteiger partial charge in [-0.25, -0.2) is 4.98 Å². The fraction of sp³-hybridized carbons (Fsp3) is 0.550. The predicted octanol–water partition coefficient (Wildman–Crippen LogP) is 0.783. The first-order chi connectivity index (χ1) is 13.1. The number of aromatic nitrogens is 1. The van der Waals surface area contributed by atoms with Crippen molar-refractivity contribution in [1.29, 1.82) is 0 Å². The molecule has 2 aromatic rings. The molecule has 1 aromatic heterocycles. The third-order valence-corrected chi connectivity index (χ3v) is 7.13. The molecule has 7 heteroatoms. The van der Waals surface area contributed by atoms with Gasteiger partial charge >= 0.3 is 0 Å². The van der Waals surface area contributed by atoms with Crippen LogP contribution < -0.4 is 10.6 Å². The molecule has 2 fully saturated rings. The molecule has 144 valence electrons. The summed E-state index contributed by atoms with van der Waals surface area (Å²) >= 11 is 1.81. The maximum atomic E-state index is 12.6. The summed E-state index contributed by atoms with van der Waals surface area (Å²) in [6.45, 7) is 3.77. The van der Waals surface area contributed by atoms with E-state index in [-0.39, 0.29) is 17.7 Å². The first-order valence-electron chi connectivity index (χ1n) is 9.86. The van der Waals surface area contributed by atoms with Crippen LogP contribution in [-0.4, -0.2) is 54.4 Å². The van der Waals surface area contributed by atoms with E-state index in [4.69, 9.17) is 10.7 Å². The molecule has 0 saturated carbocycles. The highest BCUT2D eigenvalue weighted by molar-refractivity contribution is 7.18. The SMILES string of the molecule is NC(=O)[C@H]1CCCN(C(=O)C[NH+]2CCC(c3nc4ccccc4s3)CC2)C1. The molecule has 1 atom stereocenters. The number of nitrogens with two attached hydrogens (primary N) is 1. The summed E-state index contributed by atoms with van der Waals surface area (Å²) in [5.41, 5.74) is 6.52. The molecule has 3 N–H and O–H groups in total. The second-order valence-corrected chi connectivity index (χ2v) is 8.86. The van der Waals surface area contributed by atoms with Gasteiger partial charge in [-0.05, 0) is 25.0 Å². The molecule has 0 unspecified atom stereocenters. The van der Waals surface area contributed by atoms with Crippen molar-refractivity contribution in [1.82, 2.24) is 9.88 Å². The van der Waals surface area contributed by atoms with Crippen LogP contribution in [0.25, 0.3) is 10.2 Å². The quantitative estimate of drug-likeness (QED) is 0.814. The van der Waals surface area contributed by atoms with Crippen molar-refractivity contribution >= 4 is 33.4 Å². The van der Waals surface area contributed by atoms with Gasteiger partial charge in [-0.1, -0.05) is 12.1 Å². The van der Waals surface area contributed by atoms with Crippen molar-refractivity contribution in [2.75, 3.05) is 32.7 Å². The van der Waals surface area contributed by atoms with Gasteiger partial charge in [0.2, 0.25) is 5.91 Å². The molecule has 2 saturated heterocycles. The topological polar surface area (TPSA) is 80.7 Å². The molecule has 1 aromatic carbocycles. The normalized spacial score (nSPS) is 26.2. The predicted molar refractivity (Wildman–Crippen MR) is 106 cm³/mol. The average Bonchev–Trinajstić information content (AvgIpc) is 3.13. The maximum absolute atomic E-state index is 12.6. The summed E-state index contributed by atoms with van der Waals surface area (Å²) in [4.78, 5) is 32.1. The number of quaternary nitrogens is 1. The van der Waals surface area contributed by atoms with Crippen molar-refractivity contribution in [3.63, 3.8) is 0 Å². The lowest BCUT2D eigenvalue weighted by Crippen LogP contribution is -3.14. The molecule has 0 radical (unpaired) electrons. The van der Waals surface area contributed by atoms with Crippen LogP contribution in [-0.2, 0) is 9.59 Å². The van der Waals surface area contributed by atoms with Gasteiger partial charge in [0.1, 0.15) is 0 Å². The molecule has 3 heterocycles. The van der Waals surface area contributed by atoms with E-state index in [2.05, 4.69) is 18.2 Å². The number of carbonyl (C=O) groups is 2. The Balaban J connectivity index is 1.30. The standard InChI is InChI=1S/C20H26N4O2S/c21-19(26)15-4-3-9-24(12-15)18(25)13-23-10-7-14(8-11-23)20-22-16-5-1-2-6-17(16)27-20/h1-2,5-6,14-15H,3-4,7-13H2,(H2,21,26)/p+1/t15-/m0/s1. The number of para-hydroxylation sites is 1. The molecule has 4 rings (SSSR count). The Morgan fingerprint density at radius 2 is 2.00 bits per heavy atom. The average molecular weight is 388 g/mol. The lowest BCUT2D eigenvalue weighted by Gasteiger charge is -2.33. The zero-order chi connectivity index (χ0) is 18.8. The van der Waals surface area contributed by atoms with Gasteiger partial charge in [0.15, 0.2) is 6.54 Å². The highest BCUT2D eigenvalue weighted by atomic mass is 32.1. The minimum Gasteiger partial charge on any atom is -0.369 e.